The zero-order valence-electron chi connectivity index (χ0n) is 10.8. The van der Waals surface area contributed by atoms with Crippen molar-refractivity contribution >= 4 is 5.97 Å². The Hall–Kier alpha value is -1.55. The van der Waals surface area contributed by atoms with E-state index in [9.17, 15) is 9.90 Å². The Morgan fingerprint density at radius 1 is 1.28 bits per heavy atom. The molecule has 18 heavy (non-hydrogen) atoms. The molecular weight excluding hydrogens is 232 g/mol. The molecule has 0 bridgehead atoms. The van der Waals surface area contributed by atoms with Gasteiger partial charge in [-0.3, -0.25) is 4.79 Å². The van der Waals surface area contributed by atoms with Gasteiger partial charge in [0.1, 0.15) is 12.4 Å². The van der Waals surface area contributed by atoms with E-state index in [1.165, 1.54) is 5.56 Å². The maximum Gasteiger partial charge on any atom is 0.306 e. The number of rotatable bonds is 7. The lowest BCUT2D eigenvalue weighted by atomic mass is 10.0. The molecular formula is C14H20O4. The Kier molecular flexibility index (Phi) is 5.65. The molecule has 0 unspecified atom stereocenters. The number of hydrogen-bond acceptors (Lipinski definition) is 3. The molecule has 0 heterocycles. The van der Waals surface area contributed by atoms with E-state index < -0.39 is 12.1 Å². The number of aliphatic carboxylic acids is 1. The van der Waals surface area contributed by atoms with Crippen LogP contribution in [0.3, 0.4) is 0 Å². The summed E-state index contributed by atoms with van der Waals surface area (Å²) in [6, 6.07) is 7.65. The molecule has 0 saturated carbocycles. The number of aliphatic hydroxyl groups excluding tert-OH is 1. The first-order chi connectivity index (χ1) is 8.47. The molecule has 1 rings (SSSR count). The molecule has 2 N–H and O–H groups in total. The molecule has 100 valence electrons. The topological polar surface area (TPSA) is 66.8 Å². The number of carboxylic acids is 1. The number of carboxylic acid groups (broad SMARTS) is 1. The lowest BCUT2D eigenvalue weighted by Crippen LogP contribution is -2.21. The van der Waals surface area contributed by atoms with Crippen LogP contribution in [0.25, 0.3) is 0 Å². The molecule has 4 heteroatoms. The molecule has 1 atom stereocenters. The van der Waals surface area contributed by atoms with Crippen molar-refractivity contribution in [3.8, 4) is 5.75 Å². The average Bonchev–Trinajstić information content (AvgIpc) is 2.26. The second-order valence-electron chi connectivity index (χ2n) is 4.80. The average molecular weight is 252 g/mol. The zero-order chi connectivity index (χ0) is 13.5. The Morgan fingerprint density at radius 3 is 2.39 bits per heavy atom. The van der Waals surface area contributed by atoms with Gasteiger partial charge in [0, 0.05) is 0 Å². The lowest BCUT2D eigenvalue weighted by Gasteiger charge is -2.11. The van der Waals surface area contributed by atoms with Gasteiger partial charge in [0.15, 0.2) is 0 Å². The van der Waals surface area contributed by atoms with Gasteiger partial charge in [0.2, 0.25) is 0 Å². The van der Waals surface area contributed by atoms with Crippen LogP contribution >= 0.6 is 0 Å². The third-order valence-corrected chi connectivity index (χ3v) is 2.42. The fourth-order valence-electron chi connectivity index (χ4n) is 1.65. The first kappa shape index (κ1) is 14.5. The highest BCUT2D eigenvalue weighted by Gasteiger charge is 2.10. The van der Waals surface area contributed by atoms with Gasteiger partial charge in [-0.2, -0.15) is 0 Å². The summed E-state index contributed by atoms with van der Waals surface area (Å²) < 4.78 is 5.32. The number of hydrogen-bond donors (Lipinski definition) is 2. The van der Waals surface area contributed by atoms with E-state index in [2.05, 4.69) is 13.8 Å². The summed E-state index contributed by atoms with van der Waals surface area (Å²) in [6.07, 6.45) is -0.259. The van der Waals surface area contributed by atoms with E-state index in [4.69, 9.17) is 9.84 Å². The fourth-order valence-corrected chi connectivity index (χ4v) is 1.65. The van der Waals surface area contributed by atoms with Gasteiger partial charge >= 0.3 is 5.97 Å². The van der Waals surface area contributed by atoms with Crippen LogP contribution in [0.2, 0.25) is 0 Å². The summed E-state index contributed by atoms with van der Waals surface area (Å²) in [5, 5.41) is 17.8. The summed E-state index contributed by atoms with van der Waals surface area (Å²) >= 11 is 0. The third kappa shape index (κ3) is 5.68. The van der Waals surface area contributed by atoms with Crippen LogP contribution in [0.4, 0.5) is 0 Å². The first-order valence-electron chi connectivity index (χ1n) is 6.09. The number of benzene rings is 1. The van der Waals surface area contributed by atoms with E-state index in [0.717, 1.165) is 6.42 Å². The van der Waals surface area contributed by atoms with Crippen LogP contribution in [0.5, 0.6) is 5.75 Å². The van der Waals surface area contributed by atoms with Crippen molar-refractivity contribution in [2.45, 2.75) is 32.8 Å². The summed E-state index contributed by atoms with van der Waals surface area (Å²) in [7, 11) is 0. The molecule has 4 nitrogen and oxygen atoms in total. The SMILES string of the molecule is CC(C)Cc1ccc(OC[C@H](O)CC(=O)O)cc1. The summed E-state index contributed by atoms with van der Waals surface area (Å²) in [5.41, 5.74) is 1.24. The van der Waals surface area contributed by atoms with Crippen LogP contribution in [-0.2, 0) is 11.2 Å². The lowest BCUT2D eigenvalue weighted by molar-refractivity contribution is -0.139. The van der Waals surface area contributed by atoms with Gasteiger partial charge in [-0.1, -0.05) is 26.0 Å². The van der Waals surface area contributed by atoms with Gasteiger partial charge in [0.05, 0.1) is 12.5 Å². The summed E-state index contributed by atoms with van der Waals surface area (Å²) in [4.78, 5) is 10.4. The normalized spacial score (nSPS) is 12.4. The van der Waals surface area contributed by atoms with Crippen LogP contribution in [0.1, 0.15) is 25.8 Å². The van der Waals surface area contributed by atoms with Crippen molar-refractivity contribution in [2.75, 3.05) is 6.61 Å². The van der Waals surface area contributed by atoms with Crippen molar-refractivity contribution in [2.24, 2.45) is 5.92 Å². The molecule has 0 aliphatic carbocycles. The second-order valence-corrected chi connectivity index (χ2v) is 4.80. The minimum atomic E-state index is -1.03. The highest BCUT2D eigenvalue weighted by atomic mass is 16.5. The highest BCUT2D eigenvalue weighted by Crippen LogP contribution is 2.15. The van der Waals surface area contributed by atoms with Crippen molar-refractivity contribution < 1.29 is 19.7 Å². The van der Waals surface area contributed by atoms with Crippen LogP contribution in [0.15, 0.2) is 24.3 Å². The smallest absolute Gasteiger partial charge is 0.306 e. The van der Waals surface area contributed by atoms with E-state index in [1.54, 1.807) is 0 Å². The molecule has 1 aromatic carbocycles. The molecule has 0 aliphatic heterocycles. The van der Waals surface area contributed by atoms with Crippen molar-refractivity contribution in [3.05, 3.63) is 29.8 Å². The fraction of sp³-hybridized carbons (Fsp3) is 0.500. The van der Waals surface area contributed by atoms with Crippen LogP contribution in [-0.4, -0.2) is 28.9 Å². The molecule has 0 spiro atoms. The Morgan fingerprint density at radius 2 is 1.89 bits per heavy atom. The first-order valence-corrected chi connectivity index (χ1v) is 6.09. The van der Waals surface area contributed by atoms with Crippen LogP contribution < -0.4 is 4.74 Å². The molecule has 0 saturated heterocycles. The molecule has 1 aromatic rings. The molecule has 0 radical (unpaired) electrons. The summed E-state index contributed by atoms with van der Waals surface area (Å²) in [5.74, 6) is 0.222. The quantitative estimate of drug-likeness (QED) is 0.780. The Labute approximate surface area is 107 Å². The predicted molar refractivity (Wildman–Crippen MR) is 68.7 cm³/mol. The van der Waals surface area contributed by atoms with E-state index in [1.807, 2.05) is 24.3 Å². The van der Waals surface area contributed by atoms with Gasteiger partial charge in [-0.15, -0.1) is 0 Å². The van der Waals surface area contributed by atoms with Crippen LogP contribution in [0, 0.1) is 5.92 Å². The number of aliphatic hydroxyl groups is 1. The highest BCUT2D eigenvalue weighted by molar-refractivity contribution is 5.67. The van der Waals surface area contributed by atoms with Crippen molar-refractivity contribution in [1.29, 1.82) is 0 Å². The predicted octanol–water partition coefficient (Wildman–Crippen LogP) is 2.10. The summed E-state index contributed by atoms with van der Waals surface area (Å²) in [6.45, 7) is 4.31. The Balaban J connectivity index is 2.41. The third-order valence-electron chi connectivity index (χ3n) is 2.42. The number of ether oxygens (including phenoxy) is 1. The van der Waals surface area contributed by atoms with Gasteiger partial charge < -0.3 is 14.9 Å². The van der Waals surface area contributed by atoms with Gasteiger partial charge in [0.25, 0.3) is 0 Å². The molecule has 0 amide bonds. The number of carbonyl (C=O) groups is 1. The largest absolute Gasteiger partial charge is 0.491 e. The monoisotopic (exact) mass is 252 g/mol. The van der Waals surface area contributed by atoms with E-state index in [-0.39, 0.29) is 13.0 Å². The van der Waals surface area contributed by atoms with E-state index in [0.29, 0.717) is 11.7 Å². The molecule has 0 aromatic heterocycles. The molecule has 0 fully saturated rings. The minimum Gasteiger partial charge on any atom is -0.491 e. The molecule has 0 aliphatic rings. The van der Waals surface area contributed by atoms with Gasteiger partial charge in [-0.25, -0.2) is 0 Å². The van der Waals surface area contributed by atoms with E-state index >= 15 is 0 Å². The Bertz CT molecular complexity index is 370. The van der Waals surface area contributed by atoms with Crippen molar-refractivity contribution in [1.82, 2.24) is 0 Å². The minimum absolute atomic E-state index is 0.00414. The van der Waals surface area contributed by atoms with Crippen molar-refractivity contribution in [3.63, 3.8) is 0 Å². The maximum atomic E-state index is 10.4. The standard InChI is InChI=1S/C14H20O4/c1-10(2)7-11-3-5-13(6-4-11)18-9-12(15)8-14(16)17/h3-6,10,12,15H,7-9H2,1-2H3,(H,16,17)/t12-/m1/s1. The van der Waals surface area contributed by atoms with Gasteiger partial charge in [-0.05, 0) is 30.0 Å². The zero-order valence-corrected chi connectivity index (χ0v) is 10.8. The second kappa shape index (κ2) is 7.01. The maximum absolute atomic E-state index is 10.4.